The summed E-state index contributed by atoms with van der Waals surface area (Å²) in [5, 5.41) is 9.89. The fourth-order valence-corrected chi connectivity index (χ4v) is 3.21. The molecule has 0 radical (unpaired) electrons. The molecule has 2 N–H and O–H groups in total. The molecule has 0 saturated heterocycles. The molecule has 1 aromatic carbocycles. The van der Waals surface area contributed by atoms with E-state index >= 15 is 0 Å². The Morgan fingerprint density at radius 3 is 2.77 bits per heavy atom. The second-order valence-corrected chi connectivity index (χ2v) is 6.72. The maximum Gasteiger partial charge on any atom is 0.272 e. The summed E-state index contributed by atoms with van der Waals surface area (Å²) in [6, 6.07) is 6.47. The van der Waals surface area contributed by atoms with Crippen LogP contribution in [0.3, 0.4) is 0 Å². The maximum absolute atomic E-state index is 14.1. The zero-order valence-electron chi connectivity index (χ0n) is 15.0. The van der Waals surface area contributed by atoms with Crippen molar-refractivity contribution < 1.29 is 14.0 Å². The molecule has 6 nitrogen and oxygen atoms in total. The number of para-hydroxylation sites is 1. The van der Waals surface area contributed by atoms with E-state index in [2.05, 4.69) is 15.7 Å². The van der Waals surface area contributed by atoms with Crippen molar-refractivity contribution in [2.75, 3.05) is 6.54 Å². The van der Waals surface area contributed by atoms with Crippen LogP contribution in [0, 0.1) is 5.82 Å². The number of nitrogens with one attached hydrogen (secondary N) is 2. The van der Waals surface area contributed by atoms with Crippen molar-refractivity contribution in [3.05, 3.63) is 47.0 Å². The van der Waals surface area contributed by atoms with Crippen LogP contribution < -0.4 is 10.6 Å². The van der Waals surface area contributed by atoms with Crippen molar-refractivity contribution in [3.8, 4) is 5.69 Å². The third-order valence-electron chi connectivity index (χ3n) is 4.31. The number of hydrogen-bond donors (Lipinski definition) is 2. The summed E-state index contributed by atoms with van der Waals surface area (Å²) in [4.78, 5) is 24.2. The minimum atomic E-state index is -0.373. The molecule has 0 aliphatic heterocycles. The molecule has 0 saturated carbocycles. The Kier molecular flexibility index (Phi) is 5.35. The number of nitrogens with zero attached hydrogens (tertiary/aromatic N) is 2. The van der Waals surface area contributed by atoms with Crippen LogP contribution in [0.15, 0.2) is 24.3 Å². The summed E-state index contributed by atoms with van der Waals surface area (Å²) in [5.41, 5.74) is 2.43. The average Bonchev–Trinajstić information content (AvgIpc) is 3.17. The topological polar surface area (TPSA) is 76.0 Å². The second kappa shape index (κ2) is 7.68. The van der Waals surface area contributed by atoms with Gasteiger partial charge >= 0.3 is 0 Å². The molecular formula is C19H23FN4O2. The third kappa shape index (κ3) is 3.76. The Balaban J connectivity index is 1.75. The average molecular weight is 358 g/mol. The highest BCUT2D eigenvalue weighted by molar-refractivity contribution is 5.94. The highest BCUT2D eigenvalue weighted by atomic mass is 19.1. The van der Waals surface area contributed by atoms with Gasteiger partial charge in [-0.15, -0.1) is 0 Å². The Morgan fingerprint density at radius 1 is 1.27 bits per heavy atom. The smallest absolute Gasteiger partial charge is 0.272 e. The Morgan fingerprint density at radius 2 is 2.04 bits per heavy atom. The van der Waals surface area contributed by atoms with E-state index in [9.17, 15) is 14.0 Å². The predicted molar refractivity (Wildman–Crippen MR) is 95.8 cm³/mol. The monoisotopic (exact) mass is 358 g/mol. The molecule has 26 heavy (non-hydrogen) atoms. The van der Waals surface area contributed by atoms with Crippen molar-refractivity contribution in [1.29, 1.82) is 0 Å². The summed E-state index contributed by atoms with van der Waals surface area (Å²) in [6.45, 7) is 4.00. The molecule has 3 rings (SSSR count). The van der Waals surface area contributed by atoms with Gasteiger partial charge in [0.15, 0.2) is 5.69 Å². The van der Waals surface area contributed by atoms with Crippen LogP contribution in [-0.4, -0.2) is 34.2 Å². The van der Waals surface area contributed by atoms with Crippen molar-refractivity contribution in [2.45, 2.75) is 45.6 Å². The molecule has 7 heteroatoms. The largest absolute Gasteiger partial charge is 0.354 e. The van der Waals surface area contributed by atoms with Crippen molar-refractivity contribution in [2.24, 2.45) is 0 Å². The molecule has 1 heterocycles. The number of aromatic nitrogens is 2. The summed E-state index contributed by atoms with van der Waals surface area (Å²) in [5.74, 6) is -0.806. The quantitative estimate of drug-likeness (QED) is 0.831. The van der Waals surface area contributed by atoms with Gasteiger partial charge in [0.25, 0.3) is 5.91 Å². The highest BCUT2D eigenvalue weighted by Gasteiger charge is 2.27. The molecule has 1 aliphatic carbocycles. The first kappa shape index (κ1) is 18.1. The number of hydrogen-bond acceptors (Lipinski definition) is 3. The lowest BCUT2D eigenvalue weighted by molar-refractivity contribution is -0.121. The molecule has 1 aromatic heterocycles. The third-order valence-corrected chi connectivity index (χ3v) is 4.31. The van der Waals surface area contributed by atoms with Crippen LogP contribution >= 0.6 is 0 Å². The number of carbonyl (C=O) groups is 2. The Bertz CT molecular complexity index is 829. The molecule has 2 amide bonds. The molecule has 0 atom stereocenters. The first-order valence-corrected chi connectivity index (χ1v) is 8.90. The normalized spacial score (nSPS) is 12.9. The van der Waals surface area contributed by atoms with E-state index in [1.807, 2.05) is 13.8 Å². The van der Waals surface area contributed by atoms with Crippen LogP contribution in [0.25, 0.3) is 5.69 Å². The number of rotatable bonds is 6. The number of fused-ring (bicyclic) bond motifs is 1. The minimum Gasteiger partial charge on any atom is -0.354 e. The molecule has 0 fully saturated rings. The first-order valence-electron chi connectivity index (χ1n) is 8.90. The zero-order chi connectivity index (χ0) is 18.7. The van der Waals surface area contributed by atoms with Gasteiger partial charge in [-0.1, -0.05) is 12.1 Å². The SMILES string of the molecule is CC(C)NC(=O)CCNC(=O)c1nn(-c2ccccc2F)c2c1CCC2. The Labute approximate surface area is 151 Å². The lowest BCUT2D eigenvalue weighted by Gasteiger charge is -2.08. The molecular weight excluding hydrogens is 335 g/mol. The lowest BCUT2D eigenvalue weighted by atomic mass is 10.2. The van der Waals surface area contributed by atoms with E-state index < -0.39 is 0 Å². The minimum absolute atomic E-state index is 0.0675. The predicted octanol–water partition coefficient (Wildman–Crippen LogP) is 2.14. The van der Waals surface area contributed by atoms with Gasteiger partial charge in [0.2, 0.25) is 5.91 Å². The lowest BCUT2D eigenvalue weighted by Crippen LogP contribution is -2.34. The second-order valence-electron chi connectivity index (χ2n) is 6.72. The summed E-state index contributed by atoms with van der Waals surface area (Å²) in [7, 11) is 0. The molecule has 0 unspecified atom stereocenters. The highest BCUT2D eigenvalue weighted by Crippen LogP contribution is 2.28. The van der Waals surface area contributed by atoms with E-state index in [0.29, 0.717) is 11.4 Å². The first-order chi connectivity index (χ1) is 12.5. The van der Waals surface area contributed by atoms with Crippen LogP contribution in [0.5, 0.6) is 0 Å². The van der Waals surface area contributed by atoms with Gasteiger partial charge in [0.1, 0.15) is 11.5 Å². The number of benzene rings is 1. The number of halogens is 1. The summed E-state index contributed by atoms with van der Waals surface area (Å²) < 4.78 is 15.7. The van der Waals surface area contributed by atoms with E-state index in [1.54, 1.807) is 18.2 Å². The number of amides is 2. The van der Waals surface area contributed by atoms with E-state index in [-0.39, 0.29) is 36.6 Å². The molecule has 0 bridgehead atoms. The molecule has 1 aliphatic rings. The molecule has 138 valence electrons. The van der Waals surface area contributed by atoms with Crippen LogP contribution in [0.4, 0.5) is 4.39 Å². The van der Waals surface area contributed by atoms with Crippen molar-refractivity contribution in [1.82, 2.24) is 20.4 Å². The summed E-state index contributed by atoms with van der Waals surface area (Å²) in [6.07, 6.45) is 2.64. The van der Waals surface area contributed by atoms with Crippen molar-refractivity contribution in [3.63, 3.8) is 0 Å². The fourth-order valence-electron chi connectivity index (χ4n) is 3.21. The fraction of sp³-hybridized carbons (Fsp3) is 0.421. The van der Waals surface area contributed by atoms with Gasteiger partial charge in [0.05, 0.1) is 0 Å². The van der Waals surface area contributed by atoms with E-state index in [4.69, 9.17) is 0 Å². The van der Waals surface area contributed by atoms with Gasteiger partial charge in [-0.3, -0.25) is 9.59 Å². The van der Waals surface area contributed by atoms with Crippen molar-refractivity contribution >= 4 is 11.8 Å². The molecule has 2 aromatic rings. The van der Waals surface area contributed by atoms with Crippen LogP contribution in [-0.2, 0) is 17.6 Å². The standard InChI is InChI=1S/C19H23FN4O2/c1-12(2)22-17(25)10-11-21-19(26)18-13-6-5-9-15(13)24(23-18)16-8-4-3-7-14(16)20/h3-4,7-8,12H,5-6,9-11H2,1-2H3,(H,21,26)(H,22,25). The van der Waals surface area contributed by atoms with Gasteiger partial charge in [-0.2, -0.15) is 5.10 Å². The zero-order valence-corrected chi connectivity index (χ0v) is 15.0. The summed E-state index contributed by atoms with van der Waals surface area (Å²) >= 11 is 0. The van der Waals surface area contributed by atoms with E-state index in [1.165, 1.54) is 10.7 Å². The van der Waals surface area contributed by atoms with Crippen LogP contribution in [0.1, 0.15) is 48.4 Å². The van der Waals surface area contributed by atoms with Crippen LogP contribution in [0.2, 0.25) is 0 Å². The molecule has 0 spiro atoms. The van der Waals surface area contributed by atoms with Gasteiger partial charge in [0, 0.05) is 30.3 Å². The van der Waals surface area contributed by atoms with Gasteiger partial charge < -0.3 is 10.6 Å². The van der Waals surface area contributed by atoms with E-state index in [0.717, 1.165) is 30.5 Å². The number of carbonyl (C=O) groups excluding carboxylic acids is 2. The van der Waals surface area contributed by atoms with Gasteiger partial charge in [-0.05, 0) is 45.2 Å². The Hall–Kier alpha value is -2.70. The maximum atomic E-state index is 14.1. The van der Waals surface area contributed by atoms with Gasteiger partial charge in [-0.25, -0.2) is 9.07 Å².